The van der Waals surface area contributed by atoms with Gasteiger partial charge in [-0.15, -0.1) is 0 Å². The summed E-state index contributed by atoms with van der Waals surface area (Å²) in [6, 6.07) is 0. The van der Waals surface area contributed by atoms with Crippen LogP contribution in [0.15, 0.2) is 12.2 Å². The molecule has 0 heterocycles. The average Bonchev–Trinajstić information content (AvgIpc) is 3.10. The van der Waals surface area contributed by atoms with E-state index in [1.807, 2.05) is 0 Å². The Bertz CT molecular complexity index is 705. The first-order valence-electron chi connectivity index (χ1n) is 21.7. The molecule has 1 atom stereocenters. The molecule has 0 amide bonds. The molecule has 290 valence electrons. The Balaban J connectivity index is 3.48. The van der Waals surface area contributed by atoms with Crippen LogP contribution in [0.4, 0.5) is 0 Å². The highest BCUT2D eigenvalue weighted by molar-refractivity contribution is 5.70. The Hall–Kier alpha value is -1.36. The van der Waals surface area contributed by atoms with Crippen molar-refractivity contribution < 1.29 is 24.2 Å². The molecule has 0 radical (unpaired) electrons. The van der Waals surface area contributed by atoms with Gasteiger partial charge in [0.2, 0.25) is 0 Å². The number of ether oxygens (including phenoxy) is 2. The lowest BCUT2D eigenvalue weighted by Crippen LogP contribution is -2.28. The molecule has 0 saturated heterocycles. The number of aliphatic hydroxyl groups is 1. The standard InChI is InChI=1S/C44H84O5/c1-3-5-7-9-11-13-15-17-19-20-21-22-23-25-27-29-31-33-35-37-39-44(47)49-42(40-45)41-48-43(46)38-36-34-32-30-28-26-24-18-16-14-12-10-8-6-4-2/h14,16,42,45H,3-13,15,17-41H2,1-2H3/b16-14+/t42-/m0/s1. The molecule has 0 bridgehead atoms. The number of aliphatic hydroxyl groups excluding tert-OH is 1. The first kappa shape index (κ1) is 47.6. The van der Waals surface area contributed by atoms with Crippen molar-refractivity contribution in [1.29, 1.82) is 0 Å². The third kappa shape index (κ3) is 39.3. The van der Waals surface area contributed by atoms with E-state index in [1.165, 1.54) is 173 Å². The van der Waals surface area contributed by atoms with Gasteiger partial charge in [-0.3, -0.25) is 9.59 Å². The molecule has 5 nitrogen and oxygen atoms in total. The van der Waals surface area contributed by atoms with Gasteiger partial charge in [-0.1, -0.05) is 199 Å². The van der Waals surface area contributed by atoms with Crippen LogP contribution in [-0.4, -0.2) is 36.4 Å². The molecule has 0 unspecified atom stereocenters. The van der Waals surface area contributed by atoms with Crippen LogP contribution in [0.3, 0.4) is 0 Å². The zero-order chi connectivity index (χ0) is 35.7. The van der Waals surface area contributed by atoms with E-state index in [-0.39, 0.29) is 25.2 Å². The van der Waals surface area contributed by atoms with Crippen LogP contribution in [-0.2, 0) is 19.1 Å². The Labute approximate surface area is 305 Å². The molecule has 0 aliphatic rings. The molecular formula is C44H84O5. The first-order chi connectivity index (χ1) is 24.1. The van der Waals surface area contributed by atoms with Crippen LogP contribution < -0.4 is 0 Å². The number of carbonyl (C=O) groups is 2. The Morgan fingerprint density at radius 2 is 0.755 bits per heavy atom. The smallest absolute Gasteiger partial charge is 0.306 e. The predicted octanol–water partition coefficient (Wildman–Crippen LogP) is 13.7. The topological polar surface area (TPSA) is 72.8 Å². The van der Waals surface area contributed by atoms with Crippen molar-refractivity contribution in [3.8, 4) is 0 Å². The second-order valence-electron chi connectivity index (χ2n) is 14.8. The molecule has 0 aliphatic carbocycles. The molecule has 0 aromatic carbocycles. The highest BCUT2D eigenvalue weighted by atomic mass is 16.6. The molecule has 0 saturated carbocycles. The summed E-state index contributed by atoms with van der Waals surface area (Å²) in [5.41, 5.74) is 0. The third-order valence-corrected chi connectivity index (χ3v) is 9.81. The first-order valence-corrected chi connectivity index (χ1v) is 21.7. The van der Waals surface area contributed by atoms with E-state index in [0.29, 0.717) is 12.8 Å². The highest BCUT2D eigenvalue weighted by Gasteiger charge is 2.16. The van der Waals surface area contributed by atoms with Crippen LogP contribution >= 0.6 is 0 Å². The minimum Gasteiger partial charge on any atom is -0.462 e. The van der Waals surface area contributed by atoms with E-state index in [4.69, 9.17) is 9.47 Å². The maximum absolute atomic E-state index is 12.2. The van der Waals surface area contributed by atoms with E-state index in [2.05, 4.69) is 26.0 Å². The van der Waals surface area contributed by atoms with E-state index < -0.39 is 6.10 Å². The van der Waals surface area contributed by atoms with Crippen molar-refractivity contribution >= 4 is 11.9 Å². The van der Waals surface area contributed by atoms with Crippen LogP contribution in [0.5, 0.6) is 0 Å². The lowest BCUT2D eigenvalue weighted by Gasteiger charge is -2.15. The van der Waals surface area contributed by atoms with Crippen LogP contribution in [0.2, 0.25) is 0 Å². The fourth-order valence-electron chi connectivity index (χ4n) is 6.49. The normalized spacial score (nSPS) is 12.1. The molecule has 0 rings (SSSR count). The fraction of sp³-hybridized carbons (Fsp3) is 0.909. The number of allylic oxidation sites excluding steroid dienone is 2. The summed E-state index contributed by atoms with van der Waals surface area (Å²) in [4.78, 5) is 24.3. The summed E-state index contributed by atoms with van der Waals surface area (Å²) in [5.74, 6) is -0.582. The van der Waals surface area contributed by atoms with Gasteiger partial charge in [-0.2, -0.15) is 0 Å². The molecular weight excluding hydrogens is 608 g/mol. The van der Waals surface area contributed by atoms with Gasteiger partial charge >= 0.3 is 11.9 Å². The van der Waals surface area contributed by atoms with Gasteiger partial charge in [-0.05, 0) is 38.5 Å². The second-order valence-corrected chi connectivity index (χ2v) is 14.8. The van der Waals surface area contributed by atoms with Crippen LogP contribution in [0.1, 0.15) is 239 Å². The number of hydrogen-bond donors (Lipinski definition) is 1. The van der Waals surface area contributed by atoms with E-state index in [9.17, 15) is 14.7 Å². The van der Waals surface area contributed by atoms with Crippen LogP contribution in [0.25, 0.3) is 0 Å². The third-order valence-electron chi connectivity index (χ3n) is 9.81. The van der Waals surface area contributed by atoms with Gasteiger partial charge < -0.3 is 14.6 Å². The lowest BCUT2D eigenvalue weighted by atomic mass is 10.0. The summed E-state index contributed by atoms with van der Waals surface area (Å²) in [5, 5.41) is 9.57. The number of unbranched alkanes of at least 4 members (excludes halogenated alkanes) is 30. The van der Waals surface area contributed by atoms with Gasteiger partial charge in [0.1, 0.15) is 6.61 Å². The molecule has 49 heavy (non-hydrogen) atoms. The fourth-order valence-corrected chi connectivity index (χ4v) is 6.49. The van der Waals surface area contributed by atoms with E-state index >= 15 is 0 Å². The SMILES string of the molecule is CCCCCC/C=C/CCCCCCCCCC(=O)OC[C@H](CO)OC(=O)CCCCCCCCCCCCCCCCCCCCCC. The summed E-state index contributed by atoms with van der Waals surface area (Å²) in [6.07, 6.45) is 47.1. The van der Waals surface area contributed by atoms with Gasteiger partial charge in [0.05, 0.1) is 6.61 Å². The van der Waals surface area contributed by atoms with Crippen molar-refractivity contribution in [2.45, 2.75) is 245 Å². The summed E-state index contributed by atoms with van der Waals surface area (Å²) < 4.78 is 10.6. The molecule has 0 fully saturated rings. The number of hydrogen-bond acceptors (Lipinski definition) is 5. The Morgan fingerprint density at radius 1 is 0.449 bits per heavy atom. The van der Waals surface area contributed by atoms with Crippen molar-refractivity contribution in [3.05, 3.63) is 12.2 Å². The second kappa shape index (κ2) is 41.1. The van der Waals surface area contributed by atoms with Gasteiger partial charge in [0, 0.05) is 12.8 Å². The highest BCUT2D eigenvalue weighted by Crippen LogP contribution is 2.16. The minimum absolute atomic E-state index is 0.0620. The lowest BCUT2D eigenvalue weighted by molar-refractivity contribution is -0.161. The van der Waals surface area contributed by atoms with Crippen molar-refractivity contribution in [2.75, 3.05) is 13.2 Å². The monoisotopic (exact) mass is 693 g/mol. The maximum Gasteiger partial charge on any atom is 0.306 e. The molecule has 0 aromatic heterocycles. The molecule has 0 aliphatic heterocycles. The van der Waals surface area contributed by atoms with Crippen molar-refractivity contribution in [2.24, 2.45) is 0 Å². The van der Waals surface area contributed by atoms with Gasteiger partial charge in [0.15, 0.2) is 6.10 Å². The largest absolute Gasteiger partial charge is 0.462 e. The zero-order valence-electron chi connectivity index (χ0n) is 33.0. The Morgan fingerprint density at radius 3 is 1.12 bits per heavy atom. The van der Waals surface area contributed by atoms with E-state index in [0.717, 1.165) is 38.5 Å². The van der Waals surface area contributed by atoms with Crippen molar-refractivity contribution in [1.82, 2.24) is 0 Å². The van der Waals surface area contributed by atoms with Crippen molar-refractivity contribution in [3.63, 3.8) is 0 Å². The average molecular weight is 693 g/mol. The molecule has 0 aromatic rings. The number of esters is 2. The van der Waals surface area contributed by atoms with Gasteiger partial charge in [-0.25, -0.2) is 0 Å². The summed E-state index contributed by atoms with van der Waals surface area (Å²) >= 11 is 0. The van der Waals surface area contributed by atoms with E-state index in [1.54, 1.807) is 0 Å². The van der Waals surface area contributed by atoms with Crippen LogP contribution in [0, 0.1) is 0 Å². The Kier molecular flexibility index (Phi) is 39.9. The summed E-state index contributed by atoms with van der Waals surface area (Å²) in [6.45, 7) is 4.15. The molecule has 5 heteroatoms. The molecule has 1 N–H and O–H groups in total. The minimum atomic E-state index is -0.766. The number of carbonyl (C=O) groups excluding carboxylic acids is 2. The maximum atomic E-state index is 12.2. The number of rotatable bonds is 40. The molecule has 0 spiro atoms. The van der Waals surface area contributed by atoms with Gasteiger partial charge in [0.25, 0.3) is 0 Å². The zero-order valence-corrected chi connectivity index (χ0v) is 33.0. The summed E-state index contributed by atoms with van der Waals surface area (Å²) in [7, 11) is 0. The quantitative estimate of drug-likeness (QED) is 0.0393. The predicted molar refractivity (Wildman–Crippen MR) is 210 cm³/mol.